The molecular formula is C17H23ClF3N5O3. The number of hydrogen-bond donors (Lipinski definition) is 4. The molecule has 1 aromatic heterocycles. The van der Waals surface area contributed by atoms with Crippen molar-refractivity contribution >= 4 is 40.2 Å². The zero-order valence-corrected chi connectivity index (χ0v) is 16.7. The van der Waals surface area contributed by atoms with E-state index in [-0.39, 0.29) is 12.5 Å². The van der Waals surface area contributed by atoms with Crippen LogP contribution in [0, 0.1) is 0 Å². The lowest BCUT2D eigenvalue weighted by molar-refractivity contribution is -0.192. The van der Waals surface area contributed by atoms with Gasteiger partial charge in [-0.15, -0.1) is 0 Å². The van der Waals surface area contributed by atoms with Gasteiger partial charge in [-0.1, -0.05) is 25.4 Å². The molecule has 0 aliphatic carbocycles. The van der Waals surface area contributed by atoms with Crippen LogP contribution < -0.4 is 10.6 Å². The van der Waals surface area contributed by atoms with E-state index in [1.807, 2.05) is 6.07 Å². The zero-order chi connectivity index (χ0) is 22.0. The van der Waals surface area contributed by atoms with Gasteiger partial charge in [-0.05, 0) is 31.3 Å². The number of fused-ring (bicyclic) bond motifs is 1. The average Bonchev–Trinajstić information content (AvgIpc) is 3.03. The van der Waals surface area contributed by atoms with Gasteiger partial charge in [0.2, 0.25) is 5.91 Å². The van der Waals surface area contributed by atoms with Crippen LogP contribution in [0.1, 0.15) is 13.8 Å². The molecule has 12 heteroatoms. The highest BCUT2D eigenvalue weighted by Gasteiger charge is 2.38. The van der Waals surface area contributed by atoms with Crippen LogP contribution in [0.5, 0.6) is 0 Å². The largest absolute Gasteiger partial charge is 0.490 e. The number of nitrogens with zero attached hydrogens (tertiary/aromatic N) is 2. The van der Waals surface area contributed by atoms with E-state index in [4.69, 9.17) is 21.5 Å². The first kappa shape index (κ1) is 24.7. The maximum Gasteiger partial charge on any atom is 0.490 e. The number of nitrogens with one attached hydrogen (secondary N) is 3. The Labute approximate surface area is 170 Å². The monoisotopic (exact) mass is 437 g/mol. The van der Waals surface area contributed by atoms with E-state index in [1.165, 1.54) is 0 Å². The number of rotatable bonds is 8. The van der Waals surface area contributed by atoms with Gasteiger partial charge in [-0.2, -0.15) is 18.3 Å². The number of likely N-dealkylation sites (N-methyl/N-ethyl adjacent to an activating group) is 1. The van der Waals surface area contributed by atoms with Crippen LogP contribution in [-0.2, 0) is 9.59 Å². The topological polar surface area (TPSA) is 110 Å². The first-order valence-corrected chi connectivity index (χ1v) is 9.12. The third-order valence-corrected chi connectivity index (χ3v) is 4.05. The molecule has 0 aliphatic rings. The second-order valence-corrected chi connectivity index (χ2v) is 6.25. The molecule has 0 spiro atoms. The number of benzene rings is 1. The maximum atomic E-state index is 11.9. The Hall–Kier alpha value is -2.37. The minimum Gasteiger partial charge on any atom is -0.475 e. The number of carboxylic acid groups (broad SMARTS) is 1. The SMILES string of the molecule is CCN(CC)CCNCC(=O)Nc1n[nH]c2cc(Cl)ccc12.O=C(O)C(F)(F)F. The smallest absolute Gasteiger partial charge is 0.475 e. The normalized spacial score (nSPS) is 11.3. The Morgan fingerprint density at radius 2 is 1.90 bits per heavy atom. The van der Waals surface area contributed by atoms with Gasteiger partial charge < -0.3 is 20.6 Å². The molecule has 162 valence electrons. The molecule has 0 saturated carbocycles. The number of halogens is 4. The Kier molecular flexibility index (Phi) is 9.86. The summed E-state index contributed by atoms with van der Waals surface area (Å²) in [6.45, 7) is 8.29. The Balaban J connectivity index is 0.000000516. The number of aromatic nitrogens is 2. The number of carbonyl (C=O) groups is 2. The summed E-state index contributed by atoms with van der Waals surface area (Å²) in [4.78, 5) is 23.1. The standard InChI is InChI=1S/C15H22ClN5O.C2HF3O2/c1-3-21(4-2)8-7-17-10-14(22)18-15-12-6-5-11(16)9-13(12)19-20-15;3-2(4,5)1(6)7/h5-6,9,17H,3-4,7-8,10H2,1-2H3,(H2,18,19,20,22);(H,6,7). The number of hydrogen-bond acceptors (Lipinski definition) is 5. The molecule has 0 saturated heterocycles. The van der Waals surface area contributed by atoms with Crippen molar-refractivity contribution in [3.05, 3.63) is 23.2 Å². The van der Waals surface area contributed by atoms with Gasteiger partial charge in [0.05, 0.1) is 12.1 Å². The fraction of sp³-hybridized carbons (Fsp3) is 0.471. The summed E-state index contributed by atoms with van der Waals surface area (Å²) in [5, 5.41) is 21.5. The van der Waals surface area contributed by atoms with E-state index in [2.05, 4.69) is 39.6 Å². The lowest BCUT2D eigenvalue weighted by Gasteiger charge is -2.17. The van der Waals surface area contributed by atoms with Crippen LogP contribution in [0.25, 0.3) is 10.9 Å². The lowest BCUT2D eigenvalue weighted by atomic mass is 10.2. The Morgan fingerprint density at radius 1 is 1.28 bits per heavy atom. The predicted octanol–water partition coefficient (Wildman–Crippen LogP) is 2.72. The van der Waals surface area contributed by atoms with Crippen LogP contribution in [0.2, 0.25) is 5.02 Å². The van der Waals surface area contributed by atoms with E-state index >= 15 is 0 Å². The highest BCUT2D eigenvalue weighted by atomic mass is 35.5. The van der Waals surface area contributed by atoms with Crippen molar-refractivity contribution in [1.82, 2.24) is 20.4 Å². The molecule has 29 heavy (non-hydrogen) atoms. The molecule has 1 amide bonds. The molecular weight excluding hydrogens is 415 g/mol. The first-order chi connectivity index (χ1) is 13.6. The molecule has 8 nitrogen and oxygen atoms in total. The number of carbonyl (C=O) groups excluding carboxylic acids is 1. The van der Waals surface area contributed by atoms with Gasteiger partial charge >= 0.3 is 12.1 Å². The number of H-pyrrole nitrogens is 1. The van der Waals surface area contributed by atoms with Crippen molar-refractivity contribution in [1.29, 1.82) is 0 Å². The quantitative estimate of drug-likeness (QED) is 0.473. The first-order valence-electron chi connectivity index (χ1n) is 8.75. The molecule has 2 aromatic rings. The average molecular weight is 438 g/mol. The van der Waals surface area contributed by atoms with Gasteiger partial charge in [0.1, 0.15) is 0 Å². The van der Waals surface area contributed by atoms with E-state index in [0.29, 0.717) is 10.8 Å². The van der Waals surface area contributed by atoms with Gasteiger partial charge in [-0.25, -0.2) is 4.79 Å². The van der Waals surface area contributed by atoms with Crippen LogP contribution in [0.3, 0.4) is 0 Å². The summed E-state index contributed by atoms with van der Waals surface area (Å²) >= 11 is 5.92. The third-order valence-electron chi connectivity index (χ3n) is 3.81. The molecule has 0 aliphatic heterocycles. The van der Waals surface area contributed by atoms with Crippen molar-refractivity contribution in [2.75, 3.05) is 38.0 Å². The zero-order valence-electron chi connectivity index (χ0n) is 15.9. The van der Waals surface area contributed by atoms with Crippen molar-refractivity contribution < 1.29 is 27.9 Å². The molecule has 1 heterocycles. The molecule has 0 fully saturated rings. The van der Waals surface area contributed by atoms with Crippen molar-refractivity contribution in [2.45, 2.75) is 20.0 Å². The lowest BCUT2D eigenvalue weighted by Crippen LogP contribution is -2.35. The molecule has 1 aromatic carbocycles. The predicted molar refractivity (Wildman–Crippen MR) is 104 cm³/mol. The molecule has 2 rings (SSSR count). The summed E-state index contributed by atoms with van der Waals surface area (Å²) in [6.07, 6.45) is -5.08. The van der Waals surface area contributed by atoms with Crippen LogP contribution in [-0.4, -0.2) is 71.0 Å². The van der Waals surface area contributed by atoms with E-state index in [1.54, 1.807) is 12.1 Å². The third kappa shape index (κ3) is 8.67. The molecule has 0 bridgehead atoms. The summed E-state index contributed by atoms with van der Waals surface area (Å²) in [6, 6.07) is 5.39. The number of alkyl halides is 3. The van der Waals surface area contributed by atoms with Crippen LogP contribution >= 0.6 is 11.6 Å². The second kappa shape index (κ2) is 11.6. The minimum atomic E-state index is -5.08. The number of aromatic amines is 1. The van der Waals surface area contributed by atoms with E-state index in [0.717, 1.165) is 37.1 Å². The maximum absolute atomic E-state index is 11.9. The molecule has 0 unspecified atom stereocenters. The van der Waals surface area contributed by atoms with Gasteiger partial charge in [-0.3, -0.25) is 9.89 Å². The number of aliphatic carboxylic acids is 1. The fourth-order valence-corrected chi connectivity index (χ4v) is 2.41. The van der Waals surface area contributed by atoms with Gasteiger partial charge in [0.15, 0.2) is 5.82 Å². The van der Waals surface area contributed by atoms with Crippen molar-refractivity contribution in [3.8, 4) is 0 Å². The highest BCUT2D eigenvalue weighted by Crippen LogP contribution is 2.23. The summed E-state index contributed by atoms with van der Waals surface area (Å²) in [5.41, 5.74) is 0.803. The fourth-order valence-electron chi connectivity index (χ4n) is 2.24. The number of amides is 1. The number of anilines is 1. The molecule has 0 radical (unpaired) electrons. The van der Waals surface area contributed by atoms with Crippen molar-refractivity contribution in [3.63, 3.8) is 0 Å². The minimum absolute atomic E-state index is 0.108. The van der Waals surface area contributed by atoms with Gasteiger partial charge in [0.25, 0.3) is 0 Å². The highest BCUT2D eigenvalue weighted by molar-refractivity contribution is 6.31. The summed E-state index contributed by atoms with van der Waals surface area (Å²) in [5.74, 6) is -2.34. The van der Waals surface area contributed by atoms with Crippen LogP contribution in [0.15, 0.2) is 18.2 Å². The van der Waals surface area contributed by atoms with Gasteiger partial charge in [0, 0.05) is 23.5 Å². The molecule has 4 N–H and O–H groups in total. The number of carboxylic acids is 1. The summed E-state index contributed by atoms with van der Waals surface area (Å²) in [7, 11) is 0. The van der Waals surface area contributed by atoms with Crippen molar-refractivity contribution in [2.24, 2.45) is 0 Å². The Morgan fingerprint density at radius 3 is 2.45 bits per heavy atom. The van der Waals surface area contributed by atoms with E-state index in [9.17, 15) is 18.0 Å². The molecule has 0 atom stereocenters. The van der Waals surface area contributed by atoms with E-state index < -0.39 is 12.1 Å². The second-order valence-electron chi connectivity index (χ2n) is 5.82. The van der Waals surface area contributed by atoms with Crippen LogP contribution in [0.4, 0.5) is 19.0 Å². The Bertz CT molecular complexity index is 809. The summed E-state index contributed by atoms with van der Waals surface area (Å²) < 4.78 is 31.7.